The van der Waals surface area contributed by atoms with Crippen molar-refractivity contribution in [1.29, 1.82) is 0 Å². The van der Waals surface area contributed by atoms with Crippen molar-refractivity contribution in [2.45, 2.75) is 10.6 Å². The summed E-state index contributed by atoms with van der Waals surface area (Å²) in [6, 6.07) is 12.2. The largest absolute Gasteiger partial charge is 0.207 e. The lowest BCUT2D eigenvalue weighted by Crippen LogP contribution is -1.87. The molecule has 0 amide bonds. The summed E-state index contributed by atoms with van der Waals surface area (Å²) in [6.45, 7) is 0. The highest BCUT2D eigenvalue weighted by atomic mass is 35.5. The van der Waals surface area contributed by atoms with E-state index in [1.807, 2.05) is 24.3 Å². The minimum absolute atomic E-state index is 0.265. The zero-order valence-electron chi connectivity index (χ0n) is 8.79. The molecule has 0 heterocycles. The van der Waals surface area contributed by atoms with Crippen LogP contribution in [0.5, 0.6) is 0 Å². The first-order chi connectivity index (χ1) is 8.15. The zero-order chi connectivity index (χ0) is 12.3. The Balaban J connectivity index is 2.04. The fourth-order valence-corrected chi connectivity index (χ4v) is 2.50. The number of thioether (sulfide) groups is 1. The van der Waals surface area contributed by atoms with Gasteiger partial charge in [-0.3, -0.25) is 0 Å². The average molecular weight is 287 g/mol. The topological polar surface area (TPSA) is 0 Å². The van der Waals surface area contributed by atoms with E-state index < -0.39 is 0 Å². The monoisotopic (exact) mass is 286 g/mol. The summed E-state index contributed by atoms with van der Waals surface area (Å²) in [5.41, 5.74) is 0.648. The van der Waals surface area contributed by atoms with Crippen molar-refractivity contribution < 1.29 is 4.39 Å². The molecule has 0 saturated heterocycles. The standard InChI is InChI=1S/C13H9Cl2FS/c14-10-3-5-12(6-4-10)17-8-9-1-2-11(15)7-13(9)16/h1-7H,8H2. The Morgan fingerprint density at radius 1 is 0.941 bits per heavy atom. The van der Waals surface area contributed by atoms with Crippen molar-refractivity contribution in [3.63, 3.8) is 0 Å². The zero-order valence-corrected chi connectivity index (χ0v) is 11.1. The molecule has 0 radical (unpaired) electrons. The fourth-order valence-electron chi connectivity index (χ4n) is 1.33. The summed E-state index contributed by atoms with van der Waals surface area (Å²) in [6.07, 6.45) is 0. The molecule has 2 aromatic rings. The van der Waals surface area contributed by atoms with Crippen LogP contribution >= 0.6 is 35.0 Å². The van der Waals surface area contributed by atoms with Crippen molar-refractivity contribution in [3.05, 3.63) is 63.9 Å². The van der Waals surface area contributed by atoms with E-state index in [1.54, 1.807) is 23.9 Å². The van der Waals surface area contributed by atoms with Crippen LogP contribution in [0, 0.1) is 5.82 Å². The summed E-state index contributed by atoms with van der Waals surface area (Å²) in [5.74, 6) is 0.309. The number of benzene rings is 2. The number of rotatable bonds is 3. The van der Waals surface area contributed by atoms with Crippen LogP contribution in [0.1, 0.15) is 5.56 Å². The van der Waals surface area contributed by atoms with E-state index in [0.717, 1.165) is 4.90 Å². The first-order valence-corrected chi connectivity index (χ1v) is 6.71. The third kappa shape index (κ3) is 3.63. The summed E-state index contributed by atoms with van der Waals surface area (Å²) in [7, 11) is 0. The Morgan fingerprint density at radius 3 is 2.24 bits per heavy atom. The van der Waals surface area contributed by atoms with Gasteiger partial charge in [0, 0.05) is 20.7 Å². The quantitative estimate of drug-likeness (QED) is 0.679. The third-order valence-corrected chi connectivity index (χ3v) is 3.77. The predicted molar refractivity (Wildman–Crippen MR) is 72.4 cm³/mol. The van der Waals surface area contributed by atoms with Gasteiger partial charge in [-0.25, -0.2) is 4.39 Å². The molecule has 0 aliphatic rings. The highest BCUT2D eigenvalue weighted by molar-refractivity contribution is 7.98. The third-order valence-electron chi connectivity index (χ3n) is 2.22. The smallest absolute Gasteiger partial charge is 0.128 e. The Labute approximate surface area is 114 Å². The van der Waals surface area contributed by atoms with Gasteiger partial charge in [-0.2, -0.15) is 0 Å². The molecule has 2 rings (SSSR count). The molecule has 0 aliphatic carbocycles. The molecule has 2 aromatic carbocycles. The second-order valence-electron chi connectivity index (χ2n) is 3.48. The molecule has 88 valence electrons. The maximum atomic E-state index is 13.5. The molecule has 0 saturated carbocycles. The Hall–Kier alpha value is -0.700. The van der Waals surface area contributed by atoms with Gasteiger partial charge in [0.25, 0.3) is 0 Å². The van der Waals surface area contributed by atoms with Gasteiger partial charge in [0.05, 0.1) is 0 Å². The average Bonchev–Trinajstić information content (AvgIpc) is 2.30. The Kier molecular flexibility index (Phi) is 4.32. The molecule has 0 unspecified atom stereocenters. The van der Waals surface area contributed by atoms with E-state index in [-0.39, 0.29) is 5.82 Å². The molecule has 17 heavy (non-hydrogen) atoms. The predicted octanol–water partition coefficient (Wildman–Crippen LogP) is 5.42. The van der Waals surface area contributed by atoms with Gasteiger partial charge >= 0.3 is 0 Å². The van der Waals surface area contributed by atoms with Crippen molar-refractivity contribution in [3.8, 4) is 0 Å². The van der Waals surface area contributed by atoms with Crippen molar-refractivity contribution in [1.82, 2.24) is 0 Å². The fraction of sp³-hybridized carbons (Fsp3) is 0.0769. The molecule has 4 heteroatoms. The van der Waals surface area contributed by atoms with Crippen LogP contribution < -0.4 is 0 Å². The molecule has 0 spiro atoms. The highest BCUT2D eigenvalue weighted by Crippen LogP contribution is 2.26. The van der Waals surface area contributed by atoms with Crippen LogP contribution in [0.15, 0.2) is 47.4 Å². The van der Waals surface area contributed by atoms with Crippen LogP contribution in [0.4, 0.5) is 4.39 Å². The first kappa shape index (κ1) is 12.7. The Bertz CT molecular complexity index is 511. The first-order valence-electron chi connectivity index (χ1n) is 4.97. The SMILES string of the molecule is Fc1cc(Cl)ccc1CSc1ccc(Cl)cc1. The van der Waals surface area contributed by atoms with Crippen molar-refractivity contribution in [2.75, 3.05) is 0 Å². The summed E-state index contributed by atoms with van der Waals surface area (Å²) < 4.78 is 13.5. The van der Waals surface area contributed by atoms with E-state index in [0.29, 0.717) is 21.4 Å². The second-order valence-corrected chi connectivity index (χ2v) is 5.40. The van der Waals surface area contributed by atoms with Gasteiger partial charge in [0.2, 0.25) is 0 Å². The van der Waals surface area contributed by atoms with Crippen LogP contribution in [-0.4, -0.2) is 0 Å². The summed E-state index contributed by atoms with van der Waals surface area (Å²) in [4.78, 5) is 1.06. The van der Waals surface area contributed by atoms with Crippen LogP contribution in [0.2, 0.25) is 10.0 Å². The molecule has 0 atom stereocenters. The lowest BCUT2D eigenvalue weighted by molar-refractivity contribution is 0.617. The summed E-state index contributed by atoms with van der Waals surface area (Å²) in [5, 5.41) is 1.12. The Morgan fingerprint density at radius 2 is 1.59 bits per heavy atom. The maximum absolute atomic E-state index is 13.5. The molecule has 0 aliphatic heterocycles. The minimum atomic E-state index is -0.265. The number of halogens is 3. The maximum Gasteiger partial charge on any atom is 0.128 e. The lowest BCUT2D eigenvalue weighted by atomic mass is 10.2. The molecular formula is C13H9Cl2FS. The van der Waals surface area contributed by atoms with Crippen LogP contribution in [0.25, 0.3) is 0 Å². The number of hydrogen-bond acceptors (Lipinski definition) is 1. The second kappa shape index (κ2) is 5.76. The van der Waals surface area contributed by atoms with E-state index in [1.165, 1.54) is 6.07 Å². The van der Waals surface area contributed by atoms with Crippen LogP contribution in [0.3, 0.4) is 0 Å². The van der Waals surface area contributed by atoms with Gasteiger partial charge in [-0.05, 0) is 42.0 Å². The van der Waals surface area contributed by atoms with Gasteiger partial charge in [0.1, 0.15) is 5.82 Å². The van der Waals surface area contributed by atoms with Gasteiger partial charge in [0.15, 0.2) is 0 Å². The molecule has 0 nitrogen and oxygen atoms in total. The van der Waals surface area contributed by atoms with E-state index >= 15 is 0 Å². The van der Waals surface area contributed by atoms with Gasteiger partial charge in [-0.1, -0.05) is 29.3 Å². The van der Waals surface area contributed by atoms with Crippen molar-refractivity contribution in [2.24, 2.45) is 0 Å². The van der Waals surface area contributed by atoms with Gasteiger partial charge < -0.3 is 0 Å². The molecule has 0 fully saturated rings. The molecule has 0 aromatic heterocycles. The van der Waals surface area contributed by atoms with E-state index in [2.05, 4.69) is 0 Å². The highest BCUT2D eigenvalue weighted by Gasteiger charge is 2.03. The van der Waals surface area contributed by atoms with E-state index in [9.17, 15) is 4.39 Å². The summed E-state index contributed by atoms with van der Waals surface area (Å²) >= 11 is 13.0. The lowest BCUT2D eigenvalue weighted by Gasteiger charge is -2.04. The minimum Gasteiger partial charge on any atom is -0.207 e. The molecule has 0 bridgehead atoms. The molecule has 0 N–H and O–H groups in total. The number of hydrogen-bond donors (Lipinski definition) is 0. The molecular weight excluding hydrogens is 278 g/mol. The van der Waals surface area contributed by atoms with Gasteiger partial charge in [-0.15, -0.1) is 11.8 Å². The normalized spacial score (nSPS) is 10.5. The van der Waals surface area contributed by atoms with E-state index in [4.69, 9.17) is 23.2 Å². The van der Waals surface area contributed by atoms with Crippen molar-refractivity contribution >= 4 is 35.0 Å². The van der Waals surface area contributed by atoms with Crippen LogP contribution in [-0.2, 0) is 5.75 Å².